The molecule has 1 unspecified atom stereocenters. The molecule has 0 bridgehead atoms. The van der Waals surface area contributed by atoms with E-state index in [9.17, 15) is 4.89 Å². The Morgan fingerprint density at radius 2 is 1.06 bits per heavy atom. The van der Waals surface area contributed by atoms with E-state index in [0.717, 1.165) is 38.8 Å². The fourth-order valence-electron chi connectivity index (χ4n) is 8.49. The quantitative estimate of drug-likeness (QED) is 0.197. The summed E-state index contributed by atoms with van der Waals surface area (Å²) in [5.74, 6) is 1.79. The maximum absolute atomic E-state index is 12.9. The van der Waals surface area contributed by atoms with Gasteiger partial charge in [-0.2, -0.15) is 0 Å². The van der Waals surface area contributed by atoms with E-state index in [1.165, 1.54) is 27.8 Å². The number of ether oxygens (including phenoxy) is 1. The molecule has 9 rings (SSSR count). The number of para-hydroxylation sites is 2. The van der Waals surface area contributed by atoms with Gasteiger partial charge in [-0.1, -0.05) is 0 Å². The zero-order chi connectivity index (χ0) is 31.6. The van der Waals surface area contributed by atoms with E-state index in [-0.39, 0.29) is 0 Å². The van der Waals surface area contributed by atoms with E-state index in [1.54, 1.807) is 0 Å². The molecule has 0 saturated heterocycles. The molecule has 1 spiro atoms. The molecule has 0 fully saturated rings. The van der Waals surface area contributed by atoms with Gasteiger partial charge < -0.3 is 0 Å². The van der Waals surface area contributed by atoms with Gasteiger partial charge in [0.2, 0.25) is 0 Å². The Bertz CT molecular complexity index is 2150. The molecule has 1 aliphatic heterocycles. The third-order valence-electron chi connectivity index (χ3n) is 10.8. The number of rotatable bonds is 4. The molecule has 3 heteroatoms. The number of hydrogen-bond donors (Lipinski definition) is 1. The van der Waals surface area contributed by atoms with Gasteiger partial charge in [0, 0.05) is 0 Å². The van der Waals surface area contributed by atoms with E-state index >= 15 is 0 Å². The van der Waals surface area contributed by atoms with E-state index in [4.69, 9.17) is 4.74 Å². The first-order valence-corrected chi connectivity index (χ1v) is 18.3. The number of allylic oxidation sites excluding steroid dienone is 4. The second-order valence-corrected chi connectivity index (χ2v) is 16.9. The predicted molar refractivity (Wildman–Crippen MR) is 197 cm³/mol. The van der Waals surface area contributed by atoms with Gasteiger partial charge in [0.05, 0.1) is 0 Å². The van der Waals surface area contributed by atoms with Crippen LogP contribution in [0.5, 0.6) is 11.5 Å². The normalized spacial score (nSPS) is 18.7. The fourth-order valence-corrected chi connectivity index (χ4v) is 12.2. The molecule has 2 nitrogen and oxygen atoms in total. The molecule has 1 N–H and O–H groups in total. The summed E-state index contributed by atoms with van der Waals surface area (Å²) in [7, 11) is -3.20. The van der Waals surface area contributed by atoms with Crippen molar-refractivity contribution in [3.63, 3.8) is 0 Å². The van der Waals surface area contributed by atoms with E-state index < -0.39 is 18.1 Å². The van der Waals surface area contributed by atoms with Crippen LogP contribution in [0.3, 0.4) is 0 Å². The van der Waals surface area contributed by atoms with Crippen molar-refractivity contribution < 1.29 is 9.63 Å². The molecular weight excluding hydrogens is 591 g/mol. The van der Waals surface area contributed by atoms with E-state index in [2.05, 4.69) is 140 Å². The molecule has 6 aromatic carbocycles. The molecule has 228 valence electrons. The van der Waals surface area contributed by atoms with Gasteiger partial charge in [-0.05, 0) is 0 Å². The summed E-state index contributed by atoms with van der Waals surface area (Å²) in [6, 6.07) is 53.4. The van der Waals surface area contributed by atoms with Crippen molar-refractivity contribution >= 4 is 23.7 Å². The Balaban J connectivity index is 1.21. The standard InChI is InChI=1S/C44H35O2P/c1-43(47(45,32-15-4-2-5-16-32)33-17-6-3-7-18-33)29-27-31(28-30-43)34-21-14-25-40-42(34)46-41-26-13-12-24-39(41)44(40)37-22-10-8-19-35(37)36-20-9-11-23-38(36)44/h2-29,45,47H,30H2,1H3. The minimum atomic E-state index is -3.20. The van der Waals surface area contributed by atoms with Crippen LogP contribution in [0.25, 0.3) is 16.7 Å². The molecule has 0 radical (unpaired) electrons. The summed E-state index contributed by atoms with van der Waals surface area (Å²) >= 11 is 0. The molecule has 0 aromatic heterocycles. The van der Waals surface area contributed by atoms with Gasteiger partial charge in [0.1, 0.15) is 0 Å². The number of hydrogen-bond acceptors (Lipinski definition) is 2. The van der Waals surface area contributed by atoms with Gasteiger partial charge in [0.15, 0.2) is 0 Å². The van der Waals surface area contributed by atoms with Crippen molar-refractivity contribution in [1.29, 1.82) is 0 Å². The van der Waals surface area contributed by atoms with Gasteiger partial charge in [-0.3, -0.25) is 0 Å². The summed E-state index contributed by atoms with van der Waals surface area (Å²) < 4.78 is 6.92. The Labute approximate surface area is 276 Å². The predicted octanol–water partition coefficient (Wildman–Crippen LogP) is 9.57. The third-order valence-corrected chi connectivity index (χ3v) is 15.1. The van der Waals surface area contributed by atoms with Crippen LogP contribution in [-0.4, -0.2) is 10.0 Å². The maximum atomic E-state index is 12.9. The molecule has 1 atom stereocenters. The molecule has 6 aromatic rings. The first-order chi connectivity index (χ1) is 23.1. The average molecular weight is 627 g/mol. The van der Waals surface area contributed by atoms with Crippen LogP contribution in [0.1, 0.15) is 41.2 Å². The zero-order valence-electron chi connectivity index (χ0n) is 26.2. The molecule has 0 saturated carbocycles. The van der Waals surface area contributed by atoms with Crippen molar-refractivity contribution in [1.82, 2.24) is 0 Å². The van der Waals surface area contributed by atoms with E-state index in [1.807, 2.05) is 36.4 Å². The van der Waals surface area contributed by atoms with Gasteiger partial charge in [-0.15, -0.1) is 0 Å². The Hall–Kier alpha value is -5.01. The summed E-state index contributed by atoms with van der Waals surface area (Å²) in [4.78, 5) is 12.9. The van der Waals surface area contributed by atoms with Crippen molar-refractivity contribution in [2.45, 2.75) is 23.9 Å². The van der Waals surface area contributed by atoms with Crippen molar-refractivity contribution in [2.24, 2.45) is 0 Å². The van der Waals surface area contributed by atoms with Crippen LogP contribution in [0.2, 0.25) is 0 Å². The van der Waals surface area contributed by atoms with Crippen LogP contribution in [0, 0.1) is 0 Å². The van der Waals surface area contributed by atoms with Gasteiger partial charge in [-0.25, -0.2) is 0 Å². The van der Waals surface area contributed by atoms with Crippen LogP contribution >= 0.6 is 7.49 Å². The topological polar surface area (TPSA) is 29.5 Å². The number of fused-ring (bicyclic) bond motifs is 9. The molecule has 1 heterocycles. The van der Waals surface area contributed by atoms with Gasteiger partial charge in [0.25, 0.3) is 0 Å². The van der Waals surface area contributed by atoms with Crippen molar-refractivity contribution in [3.8, 4) is 22.6 Å². The van der Waals surface area contributed by atoms with Crippen molar-refractivity contribution in [2.75, 3.05) is 0 Å². The molecule has 2 aliphatic carbocycles. The van der Waals surface area contributed by atoms with Gasteiger partial charge >= 0.3 is 278 Å². The molecule has 3 aliphatic rings. The van der Waals surface area contributed by atoms with Crippen LogP contribution in [0.4, 0.5) is 0 Å². The summed E-state index contributed by atoms with van der Waals surface area (Å²) in [6.07, 6.45) is 7.51. The molecule has 47 heavy (non-hydrogen) atoms. The summed E-state index contributed by atoms with van der Waals surface area (Å²) in [5.41, 5.74) is 9.15. The van der Waals surface area contributed by atoms with Crippen LogP contribution < -0.4 is 15.3 Å². The molecule has 0 amide bonds. The minimum absolute atomic E-state index is 0.452. The van der Waals surface area contributed by atoms with Crippen LogP contribution in [0.15, 0.2) is 170 Å². The zero-order valence-corrected chi connectivity index (χ0v) is 27.2. The second-order valence-electron chi connectivity index (χ2n) is 13.2. The first kappa shape index (κ1) is 28.2. The average Bonchev–Trinajstić information content (AvgIpc) is 3.43. The first-order valence-electron chi connectivity index (χ1n) is 16.4. The number of benzene rings is 6. The Morgan fingerprint density at radius 1 is 0.553 bits per heavy atom. The Morgan fingerprint density at radius 3 is 1.66 bits per heavy atom. The van der Waals surface area contributed by atoms with Crippen LogP contribution in [-0.2, 0) is 5.41 Å². The third kappa shape index (κ3) is 3.86. The summed E-state index contributed by atoms with van der Waals surface area (Å²) in [6.45, 7) is 2.22. The second kappa shape index (κ2) is 10.5. The fraction of sp³-hybridized carbons (Fsp3) is 0.0909. The van der Waals surface area contributed by atoms with E-state index in [0.29, 0.717) is 6.42 Å². The summed E-state index contributed by atoms with van der Waals surface area (Å²) in [5, 5.41) is 1.59. The Kier molecular flexibility index (Phi) is 6.31. The van der Waals surface area contributed by atoms with Crippen molar-refractivity contribution in [3.05, 3.63) is 198 Å². The SMILES string of the molecule is CC1([PH](O)(c2ccccc2)c2ccccc2)C=CC(c2cccc3c2Oc2ccccc2C32c3ccccc3-c3ccccc32)=CC1. The monoisotopic (exact) mass is 626 g/mol. The molecular formula is C44H35O2P.